The van der Waals surface area contributed by atoms with Crippen LogP contribution in [0.4, 0.5) is 11.6 Å². The molecule has 2 fully saturated rings. The molecular weight excluding hydrogens is 328 g/mol. The lowest BCUT2D eigenvalue weighted by molar-refractivity contribution is 0.487. The summed E-state index contributed by atoms with van der Waals surface area (Å²) in [6.07, 6.45) is 9.61. The molecule has 3 aromatic rings. The topological polar surface area (TPSA) is 75.9 Å². The highest BCUT2D eigenvalue weighted by atomic mass is 15.4. The Balaban J connectivity index is 1.25. The zero-order valence-electron chi connectivity index (χ0n) is 14.6. The summed E-state index contributed by atoms with van der Waals surface area (Å²) in [6, 6.07) is 6.46. The second-order valence-electron chi connectivity index (χ2n) is 6.95. The largest absolute Gasteiger partial charge is 0.352 e. The zero-order valence-corrected chi connectivity index (χ0v) is 14.6. The molecule has 0 bridgehead atoms. The van der Waals surface area contributed by atoms with Crippen LogP contribution < -0.4 is 9.80 Å². The van der Waals surface area contributed by atoms with Gasteiger partial charge in [0.05, 0.1) is 24.1 Å². The number of aromatic nitrogens is 6. The predicted molar refractivity (Wildman–Crippen MR) is 97.6 cm³/mol. The summed E-state index contributed by atoms with van der Waals surface area (Å²) in [5.41, 5.74) is 1.13. The van der Waals surface area contributed by atoms with Crippen molar-refractivity contribution in [2.45, 2.75) is 24.8 Å². The fourth-order valence-corrected chi connectivity index (χ4v) is 3.21. The van der Waals surface area contributed by atoms with Crippen molar-refractivity contribution in [1.82, 2.24) is 29.9 Å². The van der Waals surface area contributed by atoms with E-state index < -0.39 is 0 Å². The second kappa shape index (κ2) is 6.05. The Morgan fingerprint density at radius 2 is 1.96 bits per heavy atom. The van der Waals surface area contributed by atoms with E-state index in [0.717, 1.165) is 36.2 Å². The SMILES string of the molecule is CN(c1cncc(-n2cccn2)n1)C1CN(c2ccc(C3CC3)nn2)C1. The minimum absolute atomic E-state index is 0.377. The van der Waals surface area contributed by atoms with Gasteiger partial charge in [-0.2, -0.15) is 10.2 Å². The van der Waals surface area contributed by atoms with Gasteiger partial charge in [-0.1, -0.05) is 0 Å². The van der Waals surface area contributed by atoms with Gasteiger partial charge >= 0.3 is 0 Å². The lowest BCUT2D eigenvalue weighted by Gasteiger charge is -2.44. The van der Waals surface area contributed by atoms with Crippen LogP contribution in [0.1, 0.15) is 24.5 Å². The maximum atomic E-state index is 4.67. The fourth-order valence-electron chi connectivity index (χ4n) is 3.21. The van der Waals surface area contributed by atoms with Crippen LogP contribution >= 0.6 is 0 Å². The van der Waals surface area contributed by atoms with E-state index in [-0.39, 0.29) is 0 Å². The third-order valence-corrected chi connectivity index (χ3v) is 5.11. The molecule has 0 amide bonds. The molecule has 0 N–H and O–H groups in total. The second-order valence-corrected chi connectivity index (χ2v) is 6.95. The van der Waals surface area contributed by atoms with Crippen LogP contribution in [-0.2, 0) is 0 Å². The summed E-state index contributed by atoms with van der Waals surface area (Å²) in [6.45, 7) is 1.81. The lowest BCUT2D eigenvalue weighted by atomic mass is 10.1. The third-order valence-electron chi connectivity index (χ3n) is 5.11. The van der Waals surface area contributed by atoms with Gasteiger partial charge in [0.15, 0.2) is 11.6 Å². The average molecular weight is 348 g/mol. The Morgan fingerprint density at radius 1 is 1.08 bits per heavy atom. The summed E-state index contributed by atoms with van der Waals surface area (Å²) in [7, 11) is 2.06. The van der Waals surface area contributed by atoms with Gasteiger partial charge in [0.25, 0.3) is 0 Å². The van der Waals surface area contributed by atoms with Crippen LogP contribution in [0.2, 0.25) is 0 Å². The van der Waals surface area contributed by atoms with Crippen LogP contribution in [0.25, 0.3) is 5.82 Å². The summed E-state index contributed by atoms with van der Waals surface area (Å²) in [4.78, 5) is 13.4. The summed E-state index contributed by atoms with van der Waals surface area (Å²) >= 11 is 0. The van der Waals surface area contributed by atoms with E-state index in [2.05, 4.69) is 54.2 Å². The van der Waals surface area contributed by atoms with Crippen LogP contribution in [0.3, 0.4) is 0 Å². The molecule has 4 heterocycles. The molecule has 8 nitrogen and oxygen atoms in total. The van der Waals surface area contributed by atoms with Gasteiger partial charge < -0.3 is 9.80 Å². The van der Waals surface area contributed by atoms with Gasteiger partial charge in [0.2, 0.25) is 0 Å². The van der Waals surface area contributed by atoms with Crippen LogP contribution in [0, 0.1) is 0 Å². The highest BCUT2D eigenvalue weighted by Gasteiger charge is 2.32. The molecule has 26 heavy (non-hydrogen) atoms. The standard InChI is InChI=1S/C18H20N8/c1-24(17-9-19-10-18(21-17)26-8-2-7-20-26)14-11-25(12-14)16-6-5-15(22-23-16)13-3-4-13/h2,5-10,13-14H,3-4,11-12H2,1H3. The molecule has 0 atom stereocenters. The predicted octanol–water partition coefficient (Wildman–Crippen LogP) is 1.65. The Kier molecular flexibility index (Phi) is 3.55. The van der Waals surface area contributed by atoms with Crippen LogP contribution in [0.5, 0.6) is 0 Å². The average Bonchev–Trinajstić information content (AvgIpc) is 3.35. The van der Waals surface area contributed by atoms with Gasteiger partial charge in [-0.3, -0.25) is 4.98 Å². The van der Waals surface area contributed by atoms with Gasteiger partial charge in [0, 0.05) is 38.4 Å². The van der Waals surface area contributed by atoms with Gasteiger partial charge in [-0.05, 0) is 31.0 Å². The first kappa shape index (κ1) is 15.2. The van der Waals surface area contributed by atoms with Crippen molar-refractivity contribution in [1.29, 1.82) is 0 Å². The summed E-state index contributed by atoms with van der Waals surface area (Å²) < 4.78 is 1.72. The van der Waals surface area contributed by atoms with E-state index in [1.165, 1.54) is 12.8 Å². The van der Waals surface area contributed by atoms with Crippen molar-refractivity contribution >= 4 is 11.6 Å². The molecule has 2 aliphatic rings. The van der Waals surface area contributed by atoms with E-state index in [4.69, 9.17) is 0 Å². The van der Waals surface area contributed by atoms with E-state index in [1.807, 2.05) is 12.3 Å². The lowest BCUT2D eigenvalue weighted by Crippen LogP contribution is -2.59. The van der Waals surface area contributed by atoms with Crippen LogP contribution in [0.15, 0.2) is 43.0 Å². The zero-order chi connectivity index (χ0) is 17.5. The molecular formula is C18H20N8. The molecule has 1 saturated carbocycles. The van der Waals surface area contributed by atoms with E-state index >= 15 is 0 Å². The monoisotopic (exact) mass is 348 g/mol. The third kappa shape index (κ3) is 2.77. The number of anilines is 2. The first-order chi connectivity index (χ1) is 12.8. The van der Waals surface area contributed by atoms with Gasteiger partial charge in [-0.15, -0.1) is 5.10 Å². The van der Waals surface area contributed by atoms with Crippen molar-refractivity contribution in [2.24, 2.45) is 0 Å². The van der Waals surface area contributed by atoms with Crippen molar-refractivity contribution in [2.75, 3.05) is 29.9 Å². The normalized spacial score (nSPS) is 17.2. The maximum Gasteiger partial charge on any atom is 0.173 e. The van der Waals surface area contributed by atoms with E-state index in [1.54, 1.807) is 23.3 Å². The summed E-state index contributed by atoms with van der Waals surface area (Å²) in [5.74, 6) is 3.16. The van der Waals surface area contributed by atoms with E-state index in [9.17, 15) is 0 Å². The maximum absolute atomic E-state index is 4.67. The Morgan fingerprint density at radius 3 is 2.65 bits per heavy atom. The van der Waals surface area contributed by atoms with Gasteiger partial charge in [0.1, 0.15) is 5.82 Å². The van der Waals surface area contributed by atoms with Crippen molar-refractivity contribution in [3.05, 3.63) is 48.7 Å². The summed E-state index contributed by atoms with van der Waals surface area (Å²) in [5, 5.41) is 13.0. The smallest absolute Gasteiger partial charge is 0.173 e. The minimum Gasteiger partial charge on any atom is -0.352 e. The van der Waals surface area contributed by atoms with E-state index in [0.29, 0.717) is 12.0 Å². The number of nitrogens with zero attached hydrogens (tertiary/aromatic N) is 8. The fraction of sp³-hybridized carbons (Fsp3) is 0.389. The molecule has 5 rings (SSSR count). The molecule has 132 valence electrons. The molecule has 0 unspecified atom stereocenters. The highest BCUT2D eigenvalue weighted by Crippen LogP contribution is 2.38. The molecule has 8 heteroatoms. The minimum atomic E-state index is 0.377. The molecule has 3 aromatic heterocycles. The van der Waals surface area contributed by atoms with Crippen molar-refractivity contribution < 1.29 is 0 Å². The molecule has 0 aromatic carbocycles. The highest BCUT2D eigenvalue weighted by molar-refractivity contribution is 5.48. The number of hydrogen-bond acceptors (Lipinski definition) is 7. The number of hydrogen-bond donors (Lipinski definition) is 0. The Labute approximate surface area is 151 Å². The Hall–Kier alpha value is -3.03. The molecule has 1 aliphatic carbocycles. The first-order valence-electron chi connectivity index (χ1n) is 8.91. The quantitative estimate of drug-likeness (QED) is 0.694. The van der Waals surface area contributed by atoms with Crippen molar-refractivity contribution in [3.8, 4) is 5.82 Å². The van der Waals surface area contributed by atoms with Crippen LogP contribution in [-0.4, -0.2) is 56.1 Å². The Bertz CT molecular complexity index is 882. The first-order valence-corrected chi connectivity index (χ1v) is 8.91. The molecule has 0 radical (unpaired) electrons. The number of likely N-dealkylation sites (N-methyl/N-ethyl adjacent to an activating group) is 1. The van der Waals surface area contributed by atoms with Crippen molar-refractivity contribution in [3.63, 3.8) is 0 Å². The number of rotatable bonds is 5. The van der Waals surface area contributed by atoms with Gasteiger partial charge in [-0.25, -0.2) is 9.67 Å². The molecule has 1 saturated heterocycles. The molecule has 1 aliphatic heterocycles. The molecule has 0 spiro atoms.